The highest BCUT2D eigenvalue weighted by Crippen LogP contribution is 2.30. The van der Waals surface area contributed by atoms with E-state index in [0.717, 1.165) is 10.5 Å². The number of carboxylic acid groups (broad SMARTS) is 1. The van der Waals surface area contributed by atoms with E-state index in [-0.39, 0.29) is 12.5 Å². The number of hydrogen-bond acceptors (Lipinski definition) is 3. The molecule has 92 valence electrons. The van der Waals surface area contributed by atoms with Crippen molar-refractivity contribution in [1.29, 1.82) is 0 Å². The molecule has 1 amide bonds. The molecular weight excluding hydrogens is 250 g/mol. The zero-order chi connectivity index (χ0) is 13.0. The highest BCUT2D eigenvalue weighted by atomic mass is 32.2. The van der Waals surface area contributed by atoms with E-state index in [2.05, 4.69) is 0 Å². The summed E-state index contributed by atoms with van der Waals surface area (Å²) in [6.07, 6.45) is 2.95. The number of nitrogens with zero attached hydrogens (tertiary/aromatic N) is 1. The molecule has 1 aromatic rings. The second-order valence-electron chi connectivity index (χ2n) is 3.64. The van der Waals surface area contributed by atoms with E-state index in [1.807, 2.05) is 30.3 Å². The molecule has 4 nitrogen and oxygen atoms in total. The summed E-state index contributed by atoms with van der Waals surface area (Å²) in [5.41, 5.74) is 0.956. The average molecular weight is 261 g/mol. The van der Waals surface area contributed by atoms with Crippen LogP contribution in [0.15, 0.2) is 48.0 Å². The number of hydrogen-bond donors (Lipinski definition) is 1. The molecule has 1 aliphatic heterocycles. The van der Waals surface area contributed by atoms with Crippen molar-refractivity contribution >= 4 is 28.5 Å². The maximum atomic E-state index is 11.6. The normalized spacial score (nSPS) is 15.2. The summed E-state index contributed by atoms with van der Waals surface area (Å²) in [5.74, 6) is -1.36. The molecule has 1 heterocycles. The minimum atomic E-state index is -1.03. The average Bonchev–Trinajstić information content (AvgIpc) is 2.53. The molecule has 0 unspecified atom stereocenters. The Labute approximate surface area is 109 Å². The Morgan fingerprint density at radius 2 is 2.00 bits per heavy atom. The van der Waals surface area contributed by atoms with Crippen molar-refractivity contribution in [3.05, 3.63) is 53.6 Å². The van der Waals surface area contributed by atoms with Crippen LogP contribution >= 0.6 is 11.8 Å². The Morgan fingerprint density at radius 1 is 1.28 bits per heavy atom. The third-order valence-corrected chi connectivity index (χ3v) is 3.19. The maximum Gasteiger partial charge on any atom is 0.323 e. The van der Waals surface area contributed by atoms with Gasteiger partial charge in [0.25, 0.3) is 5.91 Å². The fraction of sp³-hybridized carbons (Fsp3) is 0.0769. The van der Waals surface area contributed by atoms with Gasteiger partial charge in [-0.3, -0.25) is 9.59 Å². The van der Waals surface area contributed by atoms with E-state index in [0.29, 0.717) is 0 Å². The molecule has 0 aliphatic carbocycles. The molecule has 2 rings (SSSR count). The molecule has 0 aromatic heterocycles. The van der Waals surface area contributed by atoms with Crippen LogP contribution < -0.4 is 0 Å². The number of aliphatic carboxylic acids is 1. The Bertz CT molecular complexity index is 522. The Balaban J connectivity index is 2.32. The van der Waals surface area contributed by atoms with Crippen molar-refractivity contribution in [3.8, 4) is 0 Å². The summed E-state index contributed by atoms with van der Waals surface area (Å²) in [5, 5.41) is 10.4. The molecule has 1 aliphatic rings. The number of carbonyl (C=O) groups excluding carboxylic acids is 1. The lowest BCUT2D eigenvalue weighted by Gasteiger charge is -2.14. The first-order valence-corrected chi connectivity index (χ1v) is 6.17. The minimum absolute atomic E-state index is 0.323. The van der Waals surface area contributed by atoms with Gasteiger partial charge in [0.2, 0.25) is 0 Å². The van der Waals surface area contributed by atoms with Gasteiger partial charge in [-0.2, -0.15) is 0 Å². The van der Waals surface area contributed by atoms with Crippen molar-refractivity contribution in [2.45, 2.75) is 0 Å². The van der Waals surface area contributed by atoms with E-state index in [1.165, 1.54) is 22.7 Å². The van der Waals surface area contributed by atoms with Crippen LogP contribution in [0.1, 0.15) is 5.56 Å². The first-order chi connectivity index (χ1) is 8.66. The first-order valence-electron chi connectivity index (χ1n) is 5.29. The molecule has 1 aromatic carbocycles. The number of carbonyl (C=O) groups is 2. The Morgan fingerprint density at radius 3 is 2.67 bits per heavy atom. The van der Waals surface area contributed by atoms with Gasteiger partial charge in [0.1, 0.15) is 6.54 Å². The molecule has 0 spiro atoms. The third-order valence-electron chi connectivity index (χ3n) is 2.33. The number of benzene rings is 1. The van der Waals surface area contributed by atoms with Gasteiger partial charge < -0.3 is 10.0 Å². The molecular formula is C13H11NO3S. The minimum Gasteiger partial charge on any atom is -0.480 e. The van der Waals surface area contributed by atoms with Crippen LogP contribution in [-0.2, 0) is 9.59 Å². The maximum absolute atomic E-state index is 11.6. The number of rotatable bonds is 3. The van der Waals surface area contributed by atoms with Gasteiger partial charge in [0, 0.05) is 17.2 Å². The Kier molecular flexibility index (Phi) is 3.84. The highest BCUT2D eigenvalue weighted by Gasteiger charge is 2.16. The topological polar surface area (TPSA) is 57.6 Å². The van der Waals surface area contributed by atoms with Gasteiger partial charge in [-0.05, 0) is 11.0 Å². The molecule has 5 heteroatoms. The second-order valence-corrected chi connectivity index (χ2v) is 4.59. The zero-order valence-corrected chi connectivity index (χ0v) is 10.3. The van der Waals surface area contributed by atoms with Gasteiger partial charge in [-0.1, -0.05) is 42.1 Å². The van der Waals surface area contributed by atoms with Crippen LogP contribution in [0.2, 0.25) is 0 Å². The largest absolute Gasteiger partial charge is 0.480 e. The summed E-state index contributed by atoms with van der Waals surface area (Å²) >= 11 is 1.40. The van der Waals surface area contributed by atoms with Crippen LogP contribution in [0.4, 0.5) is 0 Å². The van der Waals surface area contributed by atoms with E-state index < -0.39 is 5.97 Å². The predicted molar refractivity (Wildman–Crippen MR) is 70.5 cm³/mol. The predicted octanol–water partition coefficient (Wildman–Crippen LogP) is 2.16. The molecule has 0 saturated carbocycles. The van der Waals surface area contributed by atoms with Crippen LogP contribution in [-0.4, -0.2) is 28.4 Å². The van der Waals surface area contributed by atoms with E-state index >= 15 is 0 Å². The van der Waals surface area contributed by atoms with E-state index in [1.54, 1.807) is 11.6 Å². The molecule has 0 atom stereocenters. The second kappa shape index (κ2) is 5.55. The number of thioether (sulfide) groups is 1. The molecule has 0 fully saturated rings. The highest BCUT2D eigenvalue weighted by molar-refractivity contribution is 8.10. The van der Waals surface area contributed by atoms with E-state index in [4.69, 9.17) is 5.11 Å². The lowest BCUT2D eigenvalue weighted by molar-refractivity contribution is -0.141. The molecule has 1 N–H and O–H groups in total. The number of amides is 1. The smallest absolute Gasteiger partial charge is 0.323 e. The van der Waals surface area contributed by atoms with Crippen molar-refractivity contribution in [1.82, 2.24) is 4.90 Å². The van der Waals surface area contributed by atoms with Crippen LogP contribution in [0.25, 0.3) is 4.91 Å². The standard InChI is InChI=1S/C13H11NO3S/c15-12-6-7-18-11(8-14(12)9-13(16)17)10-4-2-1-3-5-10/h1-8H,9H2,(H,16,17). The summed E-state index contributed by atoms with van der Waals surface area (Å²) < 4.78 is 0. The Hall–Kier alpha value is -2.01. The van der Waals surface area contributed by atoms with Gasteiger partial charge in [-0.15, -0.1) is 0 Å². The monoisotopic (exact) mass is 261 g/mol. The quantitative estimate of drug-likeness (QED) is 0.905. The van der Waals surface area contributed by atoms with E-state index in [9.17, 15) is 9.59 Å². The number of carboxylic acids is 1. The van der Waals surface area contributed by atoms with Crippen LogP contribution in [0.3, 0.4) is 0 Å². The van der Waals surface area contributed by atoms with Crippen LogP contribution in [0, 0.1) is 0 Å². The van der Waals surface area contributed by atoms with Crippen molar-refractivity contribution in [2.24, 2.45) is 0 Å². The van der Waals surface area contributed by atoms with Crippen molar-refractivity contribution in [2.75, 3.05) is 6.54 Å². The van der Waals surface area contributed by atoms with Crippen molar-refractivity contribution < 1.29 is 14.7 Å². The fourth-order valence-electron chi connectivity index (χ4n) is 1.51. The van der Waals surface area contributed by atoms with Gasteiger partial charge in [0.15, 0.2) is 0 Å². The first kappa shape index (κ1) is 12.4. The van der Waals surface area contributed by atoms with Crippen molar-refractivity contribution in [3.63, 3.8) is 0 Å². The lowest BCUT2D eigenvalue weighted by atomic mass is 10.2. The summed E-state index contributed by atoms with van der Waals surface area (Å²) in [4.78, 5) is 24.4. The molecule has 18 heavy (non-hydrogen) atoms. The molecule has 0 radical (unpaired) electrons. The van der Waals surface area contributed by atoms with Gasteiger partial charge in [0.05, 0.1) is 0 Å². The summed E-state index contributed by atoms with van der Waals surface area (Å²) in [6, 6.07) is 9.54. The van der Waals surface area contributed by atoms with Gasteiger partial charge in [-0.25, -0.2) is 0 Å². The summed E-state index contributed by atoms with van der Waals surface area (Å²) in [6.45, 7) is -0.333. The van der Waals surface area contributed by atoms with Gasteiger partial charge >= 0.3 is 5.97 Å². The zero-order valence-electron chi connectivity index (χ0n) is 9.45. The lowest BCUT2D eigenvalue weighted by Crippen LogP contribution is -2.29. The third kappa shape index (κ3) is 3.01. The van der Waals surface area contributed by atoms with Crippen LogP contribution in [0.5, 0.6) is 0 Å². The molecule has 0 saturated heterocycles. The molecule has 0 bridgehead atoms. The summed E-state index contributed by atoms with van der Waals surface area (Å²) in [7, 11) is 0. The SMILES string of the molecule is O=C(O)CN1C=C(c2ccccc2)SC=CC1=O. The fourth-order valence-corrected chi connectivity index (χ4v) is 2.30.